The Morgan fingerprint density at radius 3 is 2.86 bits per heavy atom. The minimum absolute atomic E-state index is 0.0458. The smallest absolute Gasteiger partial charge is 0.276 e. The summed E-state index contributed by atoms with van der Waals surface area (Å²) in [4.78, 5) is 27.5. The zero-order valence-corrected chi connectivity index (χ0v) is 15.1. The van der Waals surface area contributed by atoms with Crippen LogP contribution in [0.3, 0.4) is 0 Å². The summed E-state index contributed by atoms with van der Waals surface area (Å²) in [6.45, 7) is 0. The number of benzene rings is 2. The third kappa shape index (κ3) is 3.33. The van der Waals surface area contributed by atoms with Gasteiger partial charge >= 0.3 is 0 Å². The summed E-state index contributed by atoms with van der Waals surface area (Å²) in [5.74, 6) is 0.775. The third-order valence-corrected chi connectivity index (χ3v) is 4.72. The first kappa shape index (κ1) is 17.1. The van der Waals surface area contributed by atoms with E-state index in [1.165, 1.54) is 16.8 Å². The number of non-ortho nitro benzene ring substituents is 1. The second kappa shape index (κ2) is 6.55. The summed E-state index contributed by atoms with van der Waals surface area (Å²) < 4.78 is 7.15. The van der Waals surface area contributed by atoms with Crippen LogP contribution in [0.4, 0.5) is 11.4 Å². The molecule has 0 saturated heterocycles. The highest BCUT2D eigenvalue weighted by molar-refractivity contribution is 6.03. The van der Waals surface area contributed by atoms with Gasteiger partial charge in [-0.25, -0.2) is 9.67 Å². The fraction of sp³-hybridized carbons (Fsp3) is 0.150. The third-order valence-electron chi connectivity index (χ3n) is 4.72. The van der Waals surface area contributed by atoms with Crippen LogP contribution in [0.1, 0.15) is 35.1 Å². The molecule has 5 rings (SSSR count). The van der Waals surface area contributed by atoms with Crippen molar-refractivity contribution in [2.75, 3.05) is 5.32 Å². The van der Waals surface area contributed by atoms with Gasteiger partial charge in [0.15, 0.2) is 17.2 Å². The number of carbonyl (C=O) groups is 1. The number of carbonyl (C=O) groups excluding carboxylic acids is 1. The molecule has 1 saturated carbocycles. The number of nitrogens with one attached hydrogen (secondary N) is 1. The highest BCUT2D eigenvalue weighted by Gasteiger charge is 2.28. The molecule has 29 heavy (non-hydrogen) atoms. The van der Waals surface area contributed by atoms with Crippen LogP contribution < -0.4 is 5.32 Å². The second-order valence-corrected chi connectivity index (χ2v) is 6.89. The van der Waals surface area contributed by atoms with Gasteiger partial charge in [0.05, 0.1) is 10.6 Å². The number of nitro benzene ring substituents is 1. The van der Waals surface area contributed by atoms with E-state index in [1.807, 2.05) is 0 Å². The van der Waals surface area contributed by atoms with Gasteiger partial charge in [0.2, 0.25) is 0 Å². The number of aromatic nitrogens is 3. The van der Waals surface area contributed by atoms with E-state index in [9.17, 15) is 14.9 Å². The molecule has 0 atom stereocenters. The van der Waals surface area contributed by atoms with Gasteiger partial charge in [0.25, 0.3) is 11.6 Å². The monoisotopic (exact) mass is 389 g/mol. The normalized spacial score (nSPS) is 13.5. The van der Waals surface area contributed by atoms with Crippen molar-refractivity contribution in [3.63, 3.8) is 0 Å². The molecule has 1 amide bonds. The fourth-order valence-corrected chi connectivity index (χ4v) is 3.06. The van der Waals surface area contributed by atoms with Crippen LogP contribution in [-0.4, -0.2) is 25.6 Å². The van der Waals surface area contributed by atoms with Crippen molar-refractivity contribution >= 4 is 28.4 Å². The van der Waals surface area contributed by atoms with Crippen molar-refractivity contribution < 1.29 is 14.1 Å². The molecule has 4 aromatic rings. The Labute approximate surface area is 164 Å². The maximum absolute atomic E-state index is 12.6. The zero-order chi connectivity index (χ0) is 20.0. The van der Waals surface area contributed by atoms with Gasteiger partial charge in [-0.1, -0.05) is 6.07 Å². The average Bonchev–Trinajstić information content (AvgIpc) is 3.29. The van der Waals surface area contributed by atoms with Crippen molar-refractivity contribution in [1.82, 2.24) is 14.8 Å². The van der Waals surface area contributed by atoms with Crippen molar-refractivity contribution in [3.8, 4) is 5.69 Å². The Morgan fingerprint density at radius 2 is 2.07 bits per heavy atom. The van der Waals surface area contributed by atoms with Crippen molar-refractivity contribution in [3.05, 3.63) is 76.4 Å². The lowest BCUT2D eigenvalue weighted by atomic mass is 10.2. The van der Waals surface area contributed by atoms with Gasteiger partial charge in [-0.05, 0) is 43.2 Å². The predicted molar refractivity (Wildman–Crippen MR) is 104 cm³/mol. The van der Waals surface area contributed by atoms with Crippen LogP contribution in [0, 0.1) is 10.1 Å². The Kier molecular flexibility index (Phi) is 3.87. The number of oxazole rings is 1. The van der Waals surface area contributed by atoms with Crippen LogP contribution in [0.2, 0.25) is 0 Å². The largest absolute Gasteiger partial charge is 0.440 e. The molecule has 1 N–H and O–H groups in total. The average molecular weight is 389 g/mol. The van der Waals surface area contributed by atoms with E-state index < -0.39 is 4.92 Å². The van der Waals surface area contributed by atoms with Crippen molar-refractivity contribution in [1.29, 1.82) is 0 Å². The Bertz CT molecular complexity index is 1250. The standard InChI is InChI=1S/C20H15N5O4/c26-19(16-8-9-24(23-16)14-2-1-3-15(11-14)25(27)28)21-13-6-7-18-17(10-13)22-20(29-18)12-4-5-12/h1-3,6-12H,4-5H2,(H,21,26). The number of amides is 1. The van der Waals surface area contributed by atoms with Crippen LogP contribution in [-0.2, 0) is 0 Å². The molecule has 1 aliphatic rings. The van der Waals surface area contributed by atoms with Gasteiger partial charge in [0, 0.05) is 29.9 Å². The Hall–Kier alpha value is -4.01. The highest BCUT2D eigenvalue weighted by atomic mass is 16.6. The zero-order valence-electron chi connectivity index (χ0n) is 15.1. The lowest BCUT2D eigenvalue weighted by Gasteiger charge is -2.03. The maximum atomic E-state index is 12.6. The maximum Gasteiger partial charge on any atom is 0.276 e. The molecule has 1 fully saturated rings. The van der Waals surface area contributed by atoms with Crippen LogP contribution in [0.25, 0.3) is 16.8 Å². The number of anilines is 1. The van der Waals surface area contributed by atoms with Crippen LogP contribution in [0.15, 0.2) is 59.1 Å². The molecular weight excluding hydrogens is 374 g/mol. The molecule has 9 nitrogen and oxygen atoms in total. The van der Waals surface area contributed by atoms with Gasteiger partial charge < -0.3 is 9.73 Å². The number of nitrogens with zero attached hydrogens (tertiary/aromatic N) is 4. The predicted octanol–water partition coefficient (Wildman–Crippen LogP) is 4.05. The quantitative estimate of drug-likeness (QED) is 0.406. The molecule has 2 aromatic carbocycles. The number of fused-ring (bicyclic) bond motifs is 1. The van der Waals surface area contributed by atoms with Crippen molar-refractivity contribution in [2.24, 2.45) is 0 Å². The first-order chi connectivity index (χ1) is 14.1. The Balaban J connectivity index is 1.35. The molecule has 1 aliphatic carbocycles. The van der Waals surface area contributed by atoms with Gasteiger partial charge in [-0.2, -0.15) is 5.10 Å². The summed E-state index contributed by atoms with van der Waals surface area (Å²) >= 11 is 0. The van der Waals surface area contributed by atoms with E-state index in [-0.39, 0.29) is 17.3 Å². The molecule has 0 unspecified atom stereocenters. The first-order valence-corrected chi connectivity index (χ1v) is 9.09. The molecular formula is C20H15N5O4. The molecule has 0 radical (unpaired) electrons. The molecule has 2 aromatic heterocycles. The highest BCUT2D eigenvalue weighted by Crippen LogP contribution is 2.40. The number of hydrogen-bond donors (Lipinski definition) is 1. The molecule has 144 valence electrons. The van der Waals surface area contributed by atoms with E-state index in [0.717, 1.165) is 18.7 Å². The lowest BCUT2D eigenvalue weighted by molar-refractivity contribution is -0.384. The topological polar surface area (TPSA) is 116 Å². The van der Waals surface area contributed by atoms with E-state index >= 15 is 0 Å². The Morgan fingerprint density at radius 1 is 1.21 bits per heavy atom. The van der Waals surface area contributed by atoms with Gasteiger partial charge in [0.1, 0.15) is 5.52 Å². The molecule has 0 aliphatic heterocycles. The SMILES string of the molecule is O=C(Nc1ccc2oc(C3CC3)nc2c1)c1ccn(-c2cccc([N+](=O)[O-])c2)n1. The van der Waals surface area contributed by atoms with Crippen LogP contribution in [0.5, 0.6) is 0 Å². The van der Waals surface area contributed by atoms with Crippen molar-refractivity contribution in [2.45, 2.75) is 18.8 Å². The fourth-order valence-electron chi connectivity index (χ4n) is 3.06. The molecule has 0 bridgehead atoms. The molecule has 2 heterocycles. The van der Waals surface area contributed by atoms with E-state index in [0.29, 0.717) is 28.4 Å². The summed E-state index contributed by atoms with van der Waals surface area (Å²) in [5.41, 5.74) is 2.62. The lowest BCUT2D eigenvalue weighted by Crippen LogP contribution is -2.13. The first-order valence-electron chi connectivity index (χ1n) is 9.09. The minimum Gasteiger partial charge on any atom is -0.440 e. The van der Waals surface area contributed by atoms with Crippen LogP contribution >= 0.6 is 0 Å². The number of nitro groups is 1. The van der Waals surface area contributed by atoms with E-state index in [1.54, 1.807) is 42.6 Å². The second-order valence-electron chi connectivity index (χ2n) is 6.89. The summed E-state index contributed by atoms with van der Waals surface area (Å²) in [6, 6.07) is 12.9. The van der Waals surface area contributed by atoms with E-state index in [2.05, 4.69) is 15.4 Å². The summed E-state index contributed by atoms with van der Waals surface area (Å²) in [6.07, 6.45) is 3.78. The summed E-state index contributed by atoms with van der Waals surface area (Å²) in [5, 5.41) is 18.0. The minimum atomic E-state index is -0.477. The molecule has 9 heteroatoms. The van der Waals surface area contributed by atoms with Gasteiger partial charge in [-0.15, -0.1) is 0 Å². The molecule has 0 spiro atoms. The van der Waals surface area contributed by atoms with E-state index in [4.69, 9.17) is 4.42 Å². The summed E-state index contributed by atoms with van der Waals surface area (Å²) in [7, 11) is 0. The van der Waals surface area contributed by atoms with Gasteiger partial charge in [-0.3, -0.25) is 14.9 Å². The number of rotatable bonds is 5. The number of hydrogen-bond acceptors (Lipinski definition) is 6.